The Morgan fingerprint density at radius 2 is 1.67 bits per heavy atom. The van der Waals surface area contributed by atoms with Gasteiger partial charge in [0.2, 0.25) is 0 Å². The molecule has 0 saturated carbocycles. The normalized spacial score (nSPS) is 14.3. The molecule has 5 nitrogen and oxygen atoms in total. The van der Waals surface area contributed by atoms with Crippen LogP contribution in [0, 0.1) is 0 Å². The number of ether oxygens (including phenoxy) is 1. The SMILES string of the molecule is O=C(c1ccccc1OCc1ccc(Cl)cc1)N1CCN(c2ccc(C(F)(F)F)cn2)CC1. The monoisotopic (exact) mass is 475 g/mol. The first kappa shape index (κ1) is 22.9. The number of hydrogen-bond acceptors (Lipinski definition) is 4. The topological polar surface area (TPSA) is 45.7 Å². The van der Waals surface area contributed by atoms with E-state index in [1.54, 1.807) is 35.2 Å². The van der Waals surface area contributed by atoms with E-state index in [0.717, 1.165) is 17.8 Å². The maximum atomic E-state index is 13.1. The van der Waals surface area contributed by atoms with Crippen molar-refractivity contribution in [1.82, 2.24) is 9.88 Å². The molecule has 33 heavy (non-hydrogen) atoms. The second-order valence-corrected chi connectivity index (χ2v) is 8.03. The molecule has 2 heterocycles. The minimum absolute atomic E-state index is 0.151. The Labute approximate surface area is 194 Å². The molecular formula is C24H21ClF3N3O2. The molecule has 0 aliphatic carbocycles. The predicted octanol–water partition coefficient (Wildman–Crippen LogP) is 5.30. The van der Waals surface area contributed by atoms with Crippen LogP contribution in [-0.4, -0.2) is 42.0 Å². The van der Waals surface area contributed by atoms with Gasteiger partial charge in [-0.05, 0) is 42.0 Å². The van der Waals surface area contributed by atoms with Gasteiger partial charge >= 0.3 is 6.18 Å². The molecule has 1 fully saturated rings. The van der Waals surface area contributed by atoms with Gasteiger partial charge in [-0.25, -0.2) is 4.98 Å². The fourth-order valence-corrected chi connectivity index (χ4v) is 3.69. The van der Waals surface area contributed by atoms with Gasteiger partial charge in [-0.1, -0.05) is 35.9 Å². The van der Waals surface area contributed by atoms with Crippen molar-refractivity contribution in [3.63, 3.8) is 0 Å². The molecule has 4 rings (SSSR count). The van der Waals surface area contributed by atoms with Crippen LogP contribution in [-0.2, 0) is 12.8 Å². The van der Waals surface area contributed by atoms with Gasteiger partial charge in [0.25, 0.3) is 5.91 Å². The van der Waals surface area contributed by atoms with Crippen molar-refractivity contribution >= 4 is 23.3 Å². The number of alkyl halides is 3. The van der Waals surface area contributed by atoms with Crippen LogP contribution in [0.2, 0.25) is 5.02 Å². The van der Waals surface area contributed by atoms with Gasteiger partial charge in [0, 0.05) is 37.4 Å². The van der Waals surface area contributed by atoms with Crippen molar-refractivity contribution in [2.75, 3.05) is 31.1 Å². The van der Waals surface area contributed by atoms with Crippen LogP contribution >= 0.6 is 11.6 Å². The zero-order valence-corrected chi connectivity index (χ0v) is 18.3. The number of anilines is 1. The predicted molar refractivity (Wildman–Crippen MR) is 120 cm³/mol. The third kappa shape index (κ3) is 5.57. The Balaban J connectivity index is 1.38. The summed E-state index contributed by atoms with van der Waals surface area (Å²) in [6, 6.07) is 16.7. The van der Waals surface area contributed by atoms with Gasteiger partial charge in [-0.2, -0.15) is 13.2 Å². The average molecular weight is 476 g/mol. The number of nitrogens with zero attached hydrogens (tertiary/aromatic N) is 3. The van der Waals surface area contributed by atoms with E-state index in [1.807, 2.05) is 23.1 Å². The summed E-state index contributed by atoms with van der Waals surface area (Å²) in [5.74, 6) is 0.799. The molecule has 1 amide bonds. The first-order valence-corrected chi connectivity index (χ1v) is 10.7. The number of halogens is 4. The molecule has 1 aliphatic rings. The summed E-state index contributed by atoms with van der Waals surface area (Å²) in [6.45, 7) is 2.09. The largest absolute Gasteiger partial charge is 0.488 e. The Kier molecular flexibility index (Phi) is 6.74. The second kappa shape index (κ2) is 9.70. The molecule has 172 valence electrons. The molecule has 2 aromatic carbocycles. The molecular weight excluding hydrogens is 455 g/mol. The number of amides is 1. The molecule has 0 N–H and O–H groups in total. The van der Waals surface area contributed by atoms with Crippen molar-refractivity contribution in [2.24, 2.45) is 0 Å². The number of pyridine rings is 1. The number of carbonyl (C=O) groups is 1. The van der Waals surface area contributed by atoms with Crippen molar-refractivity contribution < 1.29 is 22.7 Å². The second-order valence-electron chi connectivity index (χ2n) is 7.59. The average Bonchev–Trinajstić information content (AvgIpc) is 2.83. The molecule has 0 unspecified atom stereocenters. The van der Waals surface area contributed by atoms with Crippen molar-refractivity contribution in [3.05, 3.63) is 88.6 Å². The zero-order chi connectivity index (χ0) is 23.4. The molecule has 3 aromatic rings. The van der Waals surface area contributed by atoms with E-state index in [4.69, 9.17) is 16.3 Å². The van der Waals surface area contributed by atoms with Crippen LogP contribution in [0.15, 0.2) is 66.9 Å². The highest BCUT2D eigenvalue weighted by molar-refractivity contribution is 6.30. The van der Waals surface area contributed by atoms with E-state index in [-0.39, 0.29) is 5.91 Å². The van der Waals surface area contributed by atoms with Gasteiger partial charge in [0.1, 0.15) is 18.2 Å². The third-order valence-corrected chi connectivity index (χ3v) is 5.64. The van der Waals surface area contributed by atoms with Gasteiger partial charge in [-0.15, -0.1) is 0 Å². The standard InChI is InChI=1S/C24H21ClF3N3O2/c25-19-8-5-17(6-9-19)16-33-21-4-2-1-3-20(21)23(32)31-13-11-30(12-14-31)22-10-7-18(15-29-22)24(26,27)28/h1-10,15H,11-14,16H2. The summed E-state index contributed by atoms with van der Waals surface area (Å²) < 4.78 is 44.2. The minimum Gasteiger partial charge on any atom is -0.488 e. The van der Waals surface area contributed by atoms with Gasteiger partial charge in [0.15, 0.2) is 0 Å². The van der Waals surface area contributed by atoms with Crippen molar-refractivity contribution in [3.8, 4) is 5.75 Å². The lowest BCUT2D eigenvalue weighted by atomic mass is 10.1. The molecule has 9 heteroatoms. The number of para-hydroxylation sites is 1. The summed E-state index contributed by atoms with van der Waals surface area (Å²) in [7, 11) is 0. The van der Waals surface area contributed by atoms with Crippen molar-refractivity contribution in [1.29, 1.82) is 0 Å². The fraction of sp³-hybridized carbons (Fsp3) is 0.250. The number of aromatic nitrogens is 1. The molecule has 1 saturated heterocycles. The molecule has 0 bridgehead atoms. The molecule has 1 aromatic heterocycles. The van der Waals surface area contributed by atoms with Crippen LogP contribution < -0.4 is 9.64 Å². The van der Waals surface area contributed by atoms with E-state index < -0.39 is 11.7 Å². The number of rotatable bonds is 5. The molecule has 1 aliphatic heterocycles. The Hall–Kier alpha value is -3.26. The van der Waals surface area contributed by atoms with Crippen LogP contribution in [0.5, 0.6) is 5.75 Å². The number of hydrogen-bond donors (Lipinski definition) is 0. The summed E-state index contributed by atoms with van der Waals surface area (Å²) in [5.41, 5.74) is 0.613. The number of carbonyl (C=O) groups excluding carboxylic acids is 1. The Morgan fingerprint density at radius 1 is 0.970 bits per heavy atom. The number of benzene rings is 2. The third-order valence-electron chi connectivity index (χ3n) is 5.39. The van der Waals surface area contributed by atoms with Crippen LogP contribution in [0.1, 0.15) is 21.5 Å². The Morgan fingerprint density at radius 3 is 2.30 bits per heavy atom. The smallest absolute Gasteiger partial charge is 0.417 e. The quantitative estimate of drug-likeness (QED) is 0.502. The lowest BCUT2D eigenvalue weighted by molar-refractivity contribution is -0.137. The lowest BCUT2D eigenvalue weighted by Gasteiger charge is -2.35. The first-order valence-electron chi connectivity index (χ1n) is 10.3. The van der Waals surface area contributed by atoms with Crippen molar-refractivity contribution in [2.45, 2.75) is 12.8 Å². The maximum absolute atomic E-state index is 13.1. The lowest BCUT2D eigenvalue weighted by Crippen LogP contribution is -2.49. The first-order chi connectivity index (χ1) is 15.8. The van der Waals surface area contributed by atoms with E-state index in [0.29, 0.717) is 54.9 Å². The van der Waals surface area contributed by atoms with E-state index in [9.17, 15) is 18.0 Å². The van der Waals surface area contributed by atoms with Crippen LogP contribution in [0.4, 0.5) is 19.0 Å². The molecule has 0 atom stereocenters. The van der Waals surface area contributed by atoms with E-state index >= 15 is 0 Å². The summed E-state index contributed by atoms with van der Waals surface area (Å²) in [4.78, 5) is 20.7. The van der Waals surface area contributed by atoms with Gasteiger partial charge < -0.3 is 14.5 Å². The zero-order valence-electron chi connectivity index (χ0n) is 17.6. The van der Waals surface area contributed by atoms with E-state index in [1.165, 1.54) is 6.07 Å². The summed E-state index contributed by atoms with van der Waals surface area (Å²) >= 11 is 5.91. The molecule has 0 radical (unpaired) electrons. The molecule has 0 spiro atoms. The highest BCUT2D eigenvalue weighted by Gasteiger charge is 2.31. The van der Waals surface area contributed by atoms with E-state index in [2.05, 4.69) is 4.98 Å². The fourth-order valence-electron chi connectivity index (χ4n) is 3.56. The number of piperazine rings is 1. The minimum atomic E-state index is -4.42. The maximum Gasteiger partial charge on any atom is 0.417 e. The highest BCUT2D eigenvalue weighted by Crippen LogP contribution is 2.29. The summed E-state index contributed by atoms with van der Waals surface area (Å²) in [6.07, 6.45) is -3.58. The van der Waals surface area contributed by atoms with Gasteiger partial charge in [-0.3, -0.25) is 4.79 Å². The summed E-state index contributed by atoms with van der Waals surface area (Å²) in [5, 5.41) is 0.639. The Bertz CT molecular complexity index is 1100. The van der Waals surface area contributed by atoms with Gasteiger partial charge in [0.05, 0.1) is 11.1 Å². The van der Waals surface area contributed by atoms with Crippen LogP contribution in [0.25, 0.3) is 0 Å². The van der Waals surface area contributed by atoms with Crippen LogP contribution in [0.3, 0.4) is 0 Å². The highest BCUT2D eigenvalue weighted by atomic mass is 35.5.